The number of aromatic nitrogens is 5. The third-order valence-corrected chi connectivity index (χ3v) is 9.87. The maximum atomic E-state index is 4.83. The van der Waals surface area contributed by atoms with Crippen LogP contribution in [0.1, 0.15) is 18.2 Å². The third kappa shape index (κ3) is 3.40. The molecule has 46 heavy (non-hydrogen) atoms. The van der Waals surface area contributed by atoms with Crippen molar-refractivity contribution < 1.29 is 0 Å². The first kappa shape index (κ1) is 25.4. The van der Waals surface area contributed by atoms with Gasteiger partial charge < -0.3 is 13.7 Å². The first-order chi connectivity index (χ1) is 22.7. The van der Waals surface area contributed by atoms with E-state index in [0.29, 0.717) is 0 Å². The number of pyridine rings is 2. The van der Waals surface area contributed by atoms with E-state index < -0.39 is 0 Å². The molecule has 0 radical (unpaired) electrons. The Kier molecular flexibility index (Phi) is 5.13. The number of fused-ring (bicyclic) bond motifs is 9. The first-order valence-electron chi connectivity index (χ1n) is 15.8. The molecule has 5 heteroatoms. The topological polar surface area (TPSA) is 40.6 Å². The minimum absolute atomic E-state index is 0.306. The van der Waals surface area contributed by atoms with Crippen LogP contribution in [-0.4, -0.2) is 23.7 Å². The highest BCUT2D eigenvalue weighted by molar-refractivity contribution is 6.08. The summed E-state index contributed by atoms with van der Waals surface area (Å²) in [4.78, 5) is 9.61. The Hall–Kier alpha value is -5.94. The molecule has 0 spiro atoms. The lowest BCUT2D eigenvalue weighted by Gasteiger charge is -2.33. The fraction of sp³-hybridized carbons (Fsp3) is 0.0732. The molecule has 0 saturated heterocycles. The zero-order valence-corrected chi connectivity index (χ0v) is 25.3. The van der Waals surface area contributed by atoms with Crippen molar-refractivity contribution in [2.75, 3.05) is 0 Å². The van der Waals surface area contributed by atoms with Gasteiger partial charge in [0.25, 0.3) is 0 Å². The molecule has 0 bridgehead atoms. The van der Waals surface area contributed by atoms with Gasteiger partial charge in [0, 0.05) is 52.0 Å². The lowest BCUT2D eigenvalue weighted by atomic mass is 9.85. The van der Waals surface area contributed by atoms with Crippen LogP contribution in [0, 0.1) is 0 Å². The average Bonchev–Trinajstić information content (AvgIpc) is 3.74. The van der Waals surface area contributed by atoms with Gasteiger partial charge in [-0.2, -0.15) is 0 Å². The SMILES string of the molecule is CC1(n2c3ccccc3c3ncccc32)C=Cc2c(c3cc(-n4c5ccccc5c5ncccc54)ccc3n2-c2ccccc2)C1. The normalized spacial score (nSPS) is 16.3. The van der Waals surface area contributed by atoms with Crippen LogP contribution in [0.2, 0.25) is 0 Å². The van der Waals surface area contributed by atoms with Crippen LogP contribution < -0.4 is 0 Å². The number of allylic oxidation sites excluding steroid dienone is 1. The highest BCUT2D eigenvalue weighted by atomic mass is 15.1. The monoisotopic (exact) mass is 591 g/mol. The summed E-state index contributed by atoms with van der Waals surface area (Å²) in [5.74, 6) is 0. The molecule has 5 heterocycles. The Morgan fingerprint density at radius 3 is 1.98 bits per heavy atom. The first-order valence-corrected chi connectivity index (χ1v) is 15.8. The summed E-state index contributed by atoms with van der Waals surface area (Å²) in [7, 11) is 0. The molecule has 1 aliphatic carbocycles. The van der Waals surface area contributed by atoms with E-state index in [0.717, 1.165) is 50.8 Å². The zero-order chi connectivity index (χ0) is 30.4. The van der Waals surface area contributed by atoms with Gasteiger partial charge >= 0.3 is 0 Å². The van der Waals surface area contributed by atoms with Gasteiger partial charge in [0.2, 0.25) is 0 Å². The molecule has 10 rings (SSSR count). The summed E-state index contributed by atoms with van der Waals surface area (Å²) in [6.45, 7) is 2.36. The number of hydrogen-bond donors (Lipinski definition) is 0. The highest BCUT2D eigenvalue weighted by Gasteiger charge is 2.34. The van der Waals surface area contributed by atoms with Gasteiger partial charge in [-0.3, -0.25) is 9.97 Å². The van der Waals surface area contributed by atoms with E-state index in [4.69, 9.17) is 9.97 Å². The second-order valence-corrected chi connectivity index (χ2v) is 12.6. The van der Waals surface area contributed by atoms with E-state index in [1.165, 1.54) is 33.1 Å². The summed E-state index contributed by atoms with van der Waals surface area (Å²) in [6, 6.07) is 43.4. The molecule has 9 aromatic rings. The molecule has 0 N–H and O–H groups in total. The van der Waals surface area contributed by atoms with Gasteiger partial charge in [0.05, 0.1) is 44.2 Å². The summed E-state index contributed by atoms with van der Waals surface area (Å²) < 4.78 is 7.28. The molecular formula is C41H29N5. The molecule has 218 valence electrons. The third-order valence-electron chi connectivity index (χ3n) is 9.87. The minimum Gasteiger partial charge on any atom is -0.329 e. The average molecular weight is 592 g/mol. The predicted molar refractivity (Wildman–Crippen MR) is 189 cm³/mol. The van der Waals surface area contributed by atoms with Crippen molar-refractivity contribution >= 4 is 60.9 Å². The lowest BCUT2D eigenvalue weighted by Crippen LogP contribution is -2.32. The van der Waals surface area contributed by atoms with Gasteiger partial charge in [-0.15, -0.1) is 0 Å². The molecule has 0 fully saturated rings. The van der Waals surface area contributed by atoms with Gasteiger partial charge in [-0.05, 0) is 85.3 Å². The van der Waals surface area contributed by atoms with Crippen LogP contribution in [0.15, 0.2) is 140 Å². The Balaban J connectivity index is 1.25. The van der Waals surface area contributed by atoms with Crippen molar-refractivity contribution in [3.05, 3.63) is 151 Å². The summed E-state index contributed by atoms with van der Waals surface area (Å²) in [5.41, 5.74) is 12.5. The van der Waals surface area contributed by atoms with Gasteiger partial charge in [0.1, 0.15) is 0 Å². The molecule has 0 amide bonds. The number of rotatable bonds is 3. The Bertz CT molecular complexity index is 2580. The number of benzene rings is 4. The molecule has 1 atom stereocenters. The van der Waals surface area contributed by atoms with Crippen LogP contribution in [0.25, 0.3) is 72.2 Å². The van der Waals surface area contributed by atoms with Crippen LogP contribution in [0.5, 0.6) is 0 Å². The number of hydrogen-bond acceptors (Lipinski definition) is 2. The van der Waals surface area contributed by atoms with Gasteiger partial charge in [-0.1, -0.05) is 60.7 Å². The van der Waals surface area contributed by atoms with Crippen LogP contribution in [-0.2, 0) is 12.0 Å². The summed E-state index contributed by atoms with van der Waals surface area (Å²) >= 11 is 0. The van der Waals surface area contributed by atoms with E-state index in [9.17, 15) is 0 Å². The molecule has 1 aliphatic rings. The smallest absolute Gasteiger partial charge is 0.0963 e. The number of nitrogens with zero attached hydrogens (tertiary/aromatic N) is 5. The molecule has 0 saturated carbocycles. The van der Waals surface area contributed by atoms with Crippen molar-refractivity contribution in [1.82, 2.24) is 23.7 Å². The van der Waals surface area contributed by atoms with E-state index >= 15 is 0 Å². The summed E-state index contributed by atoms with van der Waals surface area (Å²) in [5, 5.41) is 3.62. The van der Waals surface area contributed by atoms with Crippen LogP contribution in [0.3, 0.4) is 0 Å². The van der Waals surface area contributed by atoms with E-state index in [-0.39, 0.29) is 5.54 Å². The fourth-order valence-electron chi connectivity index (χ4n) is 7.94. The van der Waals surface area contributed by atoms with Gasteiger partial charge in [-0.25, -0.2) is 0 Å². The molecular weight excluding hydrogens is 562 g/mol. The number of para-hydroxylation sites is 3. The van der Waals surface area contributed by atoms with E-state index in [2.05, 4.69) is 142 Å². The van der Waals surface area contributed by atoms with Crippen LogP contribution >= 0.6 is 0 Å². The van der Waals surface area contributed by atoms with Crippen molar-refractivity contribution in [1.29, 1.82) is 0 Å². The van der Waals surface area contributed by atoms with Crippen molar-refractivity contribution in [2.24, 2.45) is 0 Å². The minimum atomic E-state index is -0.306. The lowest BCUT2D eigenvalue weighted by molar-refractivity contribution is 0.431. The fourth-order valence-corrected chi connectivity index (χ4v) is 7.94. The van der Waals surface area contributed by atoms with Crippen molar-refractivity contribution in [3.63, 3.8) is 0 Å². The van der Waals surface area contributed by atoms with Crippen molar-refractivity contribution in [2.45, 2.75) is 18.9 Å². The quantitative estimate of drug-likeness (QED) is 0.205. The largest absolute Gasteiger partial charge is 0.329 e. The molecule has 0 aliphatic heterocycles. The second-order valence-electron chi connectivity index (χ2n) is 12.6. The van der Waals surface area contributed by atoms with Crippen LogP contribution in [0.4, 0.5) is 0 Å². The summed E-state index contributed by atoms with van der Waals surface area (Å²) in [6.07, 6.45) is 9.36. The van der Waals surface area contributed by atoms with Gasteiger partial charge in [0.15, 0.2) is 0 Å². The molecule has 5 nitrogen and oxygen atoms in total. The Labute approximate surface area is 265 Å². The van der Waals surface area contributed by atoms with E-state index in [1.807, 2.05) is 24.5 Å². The zero-order valence-electron chi connectivity index (χ0n) is 25.3. The highest BCUT2D eigenvalue weighted by Crippen LogP contribution is 2.43. The Morgan fingerprint density at radius 2 is 1.17 bits per heavy atom. The molecule has 4 aromatic carbocycles. The van der Waals surface area contributed by atoms with E-state index in [1.54, 1.807) is 0 Å². The molecule has 5 aromatic heterocycles. The molecule has 1 unspecified atom stereocenters. The maximum absolute atomic E-state index is 4.83. The predicted octanol–water partition coefficient (Wildman–Crippen LogP) is 9.61. The standard InChI is InChI=1S/C41H29N5/c1-41(46-36-16-8-6-14-30(36)40-38(46)18-10-24-43-40)22-21-35-32(26-41)31-25-28(19-20-34(31)44(35)27-11-3-2-4-12-27)45-33-15-7-5-13-29(33)39-37(45)17-9-23-42-39/h2-25H,26H2,1H3. The maximum Gasteiger partial charge on any atom is 0.0963 e. The Morgan fingerprint density at radius 1 is 0.543 bits per heavy atom. The second kappa shape index (κ2) is 9.29. The van der Waals surface area contributed by atoms with Crippen molar-refractivity contribution in [3.8, 4) is 11.4 Å².